The number of piperidine rings is 1. The molecule has 6 nitrogen and oxygen atoms in total. The van der Waals surface area contributed by atoms with E-state index in [2.05, 4.69) is 22.2 Å². The number of aromatic nitrogens is 2. The molecule has 0 aromatic carbocycles. The smallest absolute Gasteiger partial charge is 0.271 e. The Labute approximate surface area is 157 Å². The van der Waals surface area contributed by atoms with Crippen molar-refractivity contribution in [3.8, 4) is 11.1 Å². The molecule has 2 N–H and O–H groups in total. The zero-order valence-electron chi connectivity index (χ0n) is 14.8. The highest BCUT2D eigenvalue weighted by Crippen LogP contribution is 2.22. The summed E-state index contributed by atoms with van der Waals surface area (Å²) < 4.78 is 0. The van der Waals surface area contributed by atoms with Crippen molar-refractivity contribution in [1.29, 1.82) is 0 Å². The second-order valence-electron chi connectivity index (χ2n) is 6.48. The molecular weight excluding hydrogens is 352 g/mol. The van der Waals surface area contributed by atoms with Crippen molar-refractivity contribution in [3.63, 3.8) is 0 Å². The number of alkyl halides is 1. The van der Waals surface area contributed by atoms with E-state index in [9.17, 15) is 9.59 Å². The molecule has 0 bridgehead atoms. The number of nitrogens with one attached hydrogen (secondary N) is 2. The summed E-state index contributed by atoms with van der Waals surface area (Å²) in [7, 11) is 0. The second-order valence-corrected chi connectivity index (χ2v) is 6.74. The molecule has 3 rings (SSSR count). The number of aromatic amines is 1. The van der Waals surface area contributed by atoms with Gasteiger partial charge in [0, 0.05) is 42.8 Å². The van der Waals surface area contributed by atoms with Gasteiger partial charge in [0.25, 0.3) is 5.56 Å². The quantitative estimate of drug-likeness (QED) is 0.788. The maximum absolute atomic E-state index is 12.2. The molecule has 2 aromatic rings. The van der Waals surface area contributed by atoms with E-state index < -0.39 is 0 Å². The number of H-pyrrole nitrogens is 1. The number of anilines is 1. The number of hydrogen-bond donors (Lipinski definition) is 2. The van der Waals surface area contributed by atoms with E-state index in [0.29, 0.717) is 12.2 Å². The van der Waals surface area contributed by atoms with Crippen LogP contribution in [0.5, 0.6) is 0 Å². The highest BCUT2D eigenvalue weighted by atomic mass is 35.5. The SMILES string of the molecule is CCc1cc(-c2c[nH]c(=O)c(N[C@@H]3CCCN(C(=O)CCl)C3)c2)ccn1. The molecule has 0 unspecified atom stereocenters. The summed E-state index contributed by atoms with van der Waals surface area (Å²) in [6, 6.07) is 5.85. The van der Waals surface area contributed by atoms with Crippen molar-refractivity contribution < 1.29 is 4.79 Å². The van der Waals surface area contributed by atoms with Crippen LogP contribution in [0, 0.1) is 0 Å². The Kier molecular flexibility index (Phi) is 5.93. The van der Waals surface area contributed by atoms with Crippen molar-refractivity contribution in [1.82, 2.24) is 14.9 Å². The number of hydrogen-bond acceptors (Lipinski definition) is 4. The van der Waals surface area contributed by atoms with Crippen LogP contribution < -0.4 is 10.9 Å². The maximum Gasteiger partial charge on any atom is 0.271 e. The van der Waals surface area contributed by atoms with Gasteiger partial charge in [0.2, 0.25) is 5.91 Å². The predicted octanol–water partition coefficient (Wildman–Crippen LogP) is 2.64. The van der Waals surface area contributed by atoms with Gasteiger partial charge in [-0.15, -0.1) is 11.6 Å². The van der Waals surface area contributed by atoms with E-state index in [1.54, 1.807) is 17.3 Å². The average molecular weight is 375 g/mol. The van der Waals surface area contributed by atoms with Gasteiger partial charge in [0.05, 0.1) is 0 Å². The molecule has 1 saturated heterocycles. The van der Waals surface area contributed by atoms with Gasteiger partial charge in [0.15, 0.2) is 0 Å². The molecule has 0 spiro atoms. The Morgan fingerprint density at radius 3 is 3.04 bits per heavy atom. The largest absolute Gasteiger partial charge is 0.376 e. The molecule has 1 amide bonds. The van der Waals surface area contributed by atoms with Crippen molar-refractivity contribution in [2.45, 2.75) is 32.2 Å². The number of nitrogens with zero attached hydrogens (tertiary/aromatic N) is 2. The lowest BCUT2D eigenvalue weighted by atomic mass is 10.0. The molecule has 3 heterocycles. The molecule has 26 heavy (non-hydrogen) atoms. The van der Waals surface area contributed by atoms with Crippen LogP contribution in [-0.2, 0) is 11.2 Å². The van der Waals surface area contributed by atoms with Crippen molar-refractivity contribution >= 4 is 23.2 Å². The summed E-state index contributed by atoms with van der Waals surface area (Å²) in [4.78, 5) is 32.9. The number of carbonyl (C=O) groups is 1. The first-order valence-electron chi connectivity index (χ1n) is 8.89. The molecule has 0 radical (unpaired) electrons. The molecule has 0 aliphatic carbocycles. The third-order valence-electron chi connectivity index (χ3n) is 4.66. The van der Waals surface area contributed by atoms with Gasteiger partial charge in [-0.05, 0) is 43.0 Å². The van der Waals surface area contributed by atoms with Crippen LogP contribution in [-0.4, -0.2) is 45.8 Å². The van der Waals surface area contributed by atoms with Crippen LogP contribution in [0.3, 0.4) is 0 Å². The summed E-state index contributed by atoms with van der Waals surface area (Å²) in [5.74, 6) is -0.0744. The van der Waals surface area contributed by atoms with Crippen LogP contribution in [0.15, 0.2) is 35.4 Å². The van der Waals surface area contributed by atoms with Gasteiger partial charge in [-0.3, -0.25) is 14.6 Å². The number of likely N-dealkylation sites (tertiary alicyclic amines) is 1. The van der Waals surface area contributed by atoms with E-state index in [4.69, 9.17) is 11.6 Å². The zero-order valence-corrected chi connectivity index (χ0v) is 15.6. The minimum Gasteiger partial charge on any atom is -0.376 e. The number of aryl methyl sites for hydroxylation is 1. The van der Waals surface area contributed by atoms with Gasteiger partial charge in [-0.25, -0.2) is 0 Å². The Morgan fingerprint density at radius 1 is 1.42 bits per heavy atom. The summed E-state index contributed by atoms with van der Waals surface area (Å²) in [6.07, 6.45) is 6.15. The van der Waals surface area contributed by atoms with E-state index in [1.807, 2.05) is 18.2 Å². The molecule has 1 aliphatic rings. The van der Waals surface area contributed by atoms with E-state index in [1.165, 1.54) is 0 Å². The molecule has 2 aromatic heterocycles. The highest BCUT2D eigenvalue weighted by Gasteiger charge is 2.23. The lowest BCUT2D eigenvalue weighted by Gasteiger charge is -2.33. The summed E-state index contributed by atoms with van der Waals surface area (Å²) in [5, 5.41) is 3.30. The molecule has 0 saturated carbocycles. The highest BCUT2D eigenvalue weighted by molar-refractivity contribution is 6.27. The van der Waals surface area contributed by atoms with Crippen molar-refractivity contribution in [2.24, 2.45) is 0 Å². The first kappa shape index (κ1) is 18.5. The fourth-order valence-electron chi connectivity index (χ4n) is 3.23. The fourth-order valence-corrected chi connectivity index (χ4v) is 3.40. The summed E-state index contributed by atoms with van der Waals surface area (Å²) in [5.41, 5.74) is 3.29. The Hall–Kier alpha value is -2.34. The third kappa shape index (κ3) is 4.25. The van der Waals surface area contributed by atoms with E-state index >= 15 is 0 Å². The van der Waals surface area contributed by atoms with Crippen LogP contribution >= 0.6 is 11.6 Å². The van der Waals surface area contributed by atoms with E-state index in [0.717, 1.165) is 42.6 Å². The lowest BCUT2D eigenvalue weighted by molar-refractivity contribution is -0.129. The van der Waals surface area contributed by atoms with Gasteiger partial charge >= 0.3 is 0 Å². The van der Waals surface area contributed by atoms with Crippen molar-refractivity contribution in [2.75, 3.05) is 24.3 Å². The second kappa shape index (κ2) is 8.36. The van der Waals surface area contributed by atoms with Gasteiger partial charge in [-0.1, -0.05) is 6.92 Å². The Morgan fingerprint density at radius 2 is 2.27 bits per heavy atom. The third-order valence-corrected chi connectivity index (χ3v) is 4.89. The zero-order chi connectivity index (χ0) is 18.5. The first-order valence-corrected chi connectivity index (χ1v) is 9.42. The number of rotatable bonds is 5. The molecule has 1 atom stereocenters. The summed E-state index contributed by atoms with van der Waals surface area (Å²) >= 11 is 5.66. The lowest BCUT2D eigenvalue weighted by Crippen LogP contribution is -2.46. The van der Waals surface area contributed by atoms with Gasteiger partial charge in [-0.2, -0.15) is 0 Å². The number of amides is 1. The van der Waals surface area contributed by atoms with Crippen LogP contribution in [0.4, 0.5) is 5.69 Å². The Bertz CT molecular complexity index is 836. The summed E-state index contributed by atoms with van der Waals surface area (Å²) in [6.45, 7) is 3.34. The number of pyridine rings is 2. The minimum absolute atomic E-state index is 0.00933. The van der Waals surface area contributed by atoms with Gasteiger partial charge in [0.1, 0.15) is 11.6 Å². The Balaban J connectivity index is 1.80. The average Bonchev–Trinajstić information content (AvgIpc) is 2.69. The van der Waals surface area contributed by atoms with Crippen LogP contribution in [0.25, 0.3) is 11.1 Å². The monoisotopic (exact) mass is 374 g/mol. The normalized spacial score (nSPS) is 17.2. The van der Waals surface area contributed by atoms with Gasteiger partial charge < -0.3 is 15.2 Å². The van der Waals surface area contributed by atoms with E-state index in [-0.39, 0.29) is 23.4 Å². The topological polar surface area (TPSA) is 78.1 Å². The fraction of sp³-hybridized carbons (Fsp3) is 0.421. The molecule has 1 aliphatic heterocycles. The van der Waals surface area contributed by atoms with Crippen molar-refractivity contribution in [3.05, 3.63) is 46.6 Å². The molecule has 138 valence electrons. The van der Waals surface area contributed by atoms with Crippen LogP contribution in [0.2, 0.25) is 0 Å². The molecular formula is C19H23ClN4O2. The minimum atomic E-state index is -0.167. The number of halogens is 1. The molecule has 1 fully saturated rings. The first-order chi connectivity index (χ1) is 12.6. The molecule has 7 heteroatoms. The van der Waals surface area contributed by atoms with Crippen LogP contribution in [0.1, 0.15) is 25.5 Å². The maximum atomic E-state index is 12.2. The predicted molar refractivity (Wildman–Crippen MR) is 104 cm³/mol. The number of carbonyl (C=O) groups excluding carboxylic acids is 1. The standard InChI is InChI=1S/C19H23ClN4O2/c1-2-15-8-13(5-6-21-15)14-9-17(19(26)22-11-14)23-16-4-3-7-24(12-16)18(25)10-20/h5-6,8-9,11,16,23H,2-4,7,10,12H2,1H3,(H,22,26)/t16-/m1/s1.